The van der Waals surface area contributed by atoms with Crippen molar-refractivity contribution in [3.63, 3.8) is 0 Å². The lowest BCUT2D eigenvalue weighted by Gasteiger charge is -2.30. The van der Waals surface area contributed by atoms with Gasteiger partial charge in [0.15, 0.2) is 0 Å². The van der Waals surface area contributed by atoms with Crippen LogP contribution in [0.4, 0.5) is 0 Å². The Morgan fingerprint density at radius 2 is 1.82 bits per heavy atom. The fraction of sp³-hybridized carbons (Fsp3) is 0.522. The first-order valence-electron chi connectivity index (χ1n) is 10.2. The summed E-state index contributed by atoms with van der Waals surface area (Å²) in [5, 5.41) is 0. The predicted octanol–water partition coefficient (Wildman–Crippen LogP) is 4.21. The Bertz CT molecular complexity index is 681. The number of ether oxygens (including phenoxy) is 1. The molecule has 1 aromatic rings. The molecule has 5 heteroatoms. The number of rotatable bonds is 11. The number of ketones is 1. The molecule has 28 heavy (non-hydrogen) atoms. The molecule has 0 radical (unpaired) electrons. The molecule has 0 unspecified atom stereocenters. The van der Waals surface area contributed by atoms with E-state index in [9.17, 15) is 14.4 Å². The van der Waals surface area contributed by atoms with Crippen molar-refractivity contribution in [3.8, 4) is 0 Å². The number of carbonyl (C=O) groups excluding carboxylic acids is 3. The van der Waals surface area contributed by atoms with Gasteiger partial charge >= 0.3 is 5.97 Å². The first kappa shape index (κ1) is 21.9. The lowest BCUT2D eigenvalue weighted by atomic mass is 10.0. The van der Waals surface area contributed by atoms with Crippen LogP contribution in [0.25, 0.3) is 0 Å². The van der Waals surface area contributed by atoms with E-state index in [1.54, 1.807) is 0 Å². The lowest BCUT2D eigenvalue weighted by Crippen LogP contribution is -2.34. The van der Waals surface area contributed by atoms with Gasteiger partial charge in [0.05, 0.1) is 7.11 Å². The lowest BCUT2D eigenvalue weighted by molar-refractivity contribution is -0.140. The van der Waals surface area contributed by atoms with Gasteiger partial charge in [0.25, 0.3) is 0 Å². The molecule has 1 aromatic carbocycles. The third kappa shape index (κ3) is 7.67. The molecule has 0 bridgehead atoms. The van der Waals surface area contributed by atoms with Crippen LogP contribution < -0.4 is 0 Å². The zero-order valence-corrected chi connectivity index (χ0v) is 16.8. The van der Waals surface area contributed by atoms with E-state index in [1.165, 1.54) is 7.11 Å². The fourth-order valence-corrected chi connectivity index (χ4v) is 3.45. The third-order valence-electron chi connectivity index (χ3n) is 5.02. The summed E-state index contributed by atoms with van der Waals surface area (Å²) in [7, 11) is 1.41. The van der Waals surface area contributed by atoms with Gasteiger partial charge in [-0.05, 0) is 31.2 Å². The molecule has 152 valence electrons. The fourth-order valence-electron chi connectivity index (χ4n) is 3.45. The Labute approximate surface area is 167 Å². The molecule has 5 nitrogen and oxygen atoms in total. The summed E-state index contributed by atoms with van der Waals surface area (Å²) in [6.45, 7) is 0.690. The summed E-state index contributed by atoms with van der Waals surface area (Å²) >= 11 is 0. The molecule has 1 aliphatic heterocycles. The van der Waals surface area contributed by atoms with E-state index in [4.69, 9.17) is 0 Å². The quantitative estimate of drug-likeness (QED) is 0.423. The number of methoxy groups -OCH3 is 1. The number of hydrogen-bond acceptors (Lipinski definition) is 4. The molecule has 0 aromatic heterocycles. The highest BCUT2D eigenvalue weighted by molar-refractivity contribution is 5.83. The van der Waals surface area contributed by atoms with Crippen molar-refractivity contribution >= 4 is 17.7 Å². The topological polar surface area (TPSA) is 63.7 Å². The van der Waals surface area contributed by atoms with Gasteiger partial charge in [-0.3, -0.25) is 14.4 Å². The van der Waals surface area contributed by atoms with Gasteiger partial charge in [0.1, 0.15) is 5.78 Å². The number of piperidine rings is 1. The minimum atomic E-state index is -0.170. The van der Waals surface area contributed by atoms with Crippen molar-refractivity contribution in [2.75, 3.05) is 13.7 Å². The number of esters is 1. The highest BCUT2D eigenvalue weighted by Crippen LogP contribution is 2.23. The largest absolute Gasteiger partial charge is 0.469 e. The Balaban J connectivity index is 1.78. The molecule has 2 rings (SSSR count). The highest BCUT2D eigenvalue weighted by atomic mass is 16.5. The van der Waals surface area contributed by atoms with Gasteiger partial charge in [-0.1, -0.05) is 49.2 Å². The van der Waals surface area contributed by atoms with Crippen LogP contribution in [0.15, 0.2) is 42.1 Å². The summed E-state index contributed by atoms with van der Waals surface area (Å²) in [5.41, 5.74) is 2.02. The van der Waals surface area contributed by atoms with E-state index in [2.05, 4.69) is 4.74 Å². The third-order valence-corrected chi connectivity index (χ3v) is 5.02. The first-order valence-corrected chi connectivity index (χ1v) is 10.2. The molecule has 1 fully saturated rings. The van der Waals surface area contributed by atoms with E-state index >= 15 is 0 Å². The Hall–Kier alpha value is -2.43. The first-order chi connectivity index (χ1) is 13.6. The number of carbonyl (C=O) groups is 3. The van der Waals surface area contributed by atoms with Gasteiger partial charge in [-0.25, -0.2) is 0 Å². The summed E-state index contributed by atoms with van der Waals surface area (Å²) in [5.74, 6) is 0.152. The number of unbranched alkanes of at least 4 members (excludes halogenated alkanes) is 3. The molecule has 1 heterocycles. The van der Waals surface area contributed by atoms with Crippen molar-refractivity contribution < 1.29 is 19.1 Å². The van der Waals surface area contributed by atoms with Crippen molar-refractivity contribution in [1.29, 1.82) is 0 Å². The normalized spacial score (nSPS) is 15.7. The van der Waals surface area contributed by atoms with Crippen molar-refractivity contribution in [3.05, 3.63) is 47.7 Å². The van der Waals surface area contributed by atoms with Crippen molar-refractivity contribution in [2.24, 2.45) is 0 Å². The number of allylic oxidation sites excluding steroid dienone is 2. The minimum absolute atomic E-state index is 0.155. The van der Waals surface area contributed by atoms with Crippen LogP contribution in [0.2, 0.25) is 0 Å². The predicted molar refractivity (Wildman–Crippen MR) is 109 cm³/mol. The Morgan fingerprint density at radius 1 is 1.07 bits per heavy atom. The molecule has 1 amide bonds. The van der Waals surface area contributed by atoms with Gasteiger partial charge in [0, 0.05) is 37.9 Å². The second-order valence-electron chi connectivity index (χ2n) is 7.24. The number of hydrogen-bond donors (Lipinski definition) is 0. The number of nitrogens with zero attached hydrogens (tertiary/aromatic N) is 1. The molecule has 0 aliphatic carbocycles. The summed E-state index contributed by atoms with van der Waals surface area (Å²) in [4.78, 5) is 37.6. The summed E-state index contributed by atoms with van der Waals surface area (Å²) < 4.78 is 4.64. The smallest absolute Gasteiger partial charge is 0.305 e. The monoisotopic (exact) mass is 385 g/mol. The molecule has 0 N–H and O–H groups in total. The number of Topliss-reactive ketones (excluding diaryl/α,β-unsaturated/α-hetero) is 1. The maximum Gasteiger partial charge on any atom is 0.305 e. The van der Waals surface area contributed by atoms with E-state index in [0.29, 0.717) is 32.2 Å². The van der Waals surface area contributed by atoms with Crippen molar-refractivity contribution in [2.45, 2.75) is 64.2 Å². The maximum absolute atomic E-state index is 12.3. The molecule has 0 spiro atoms. The standard InChI is InChI=1S/C23H31NO4/c1-28-23(27)14-7-2-3-8-17-24-20(12-9-13-22(24)26)15-16-21(25)18-19-10-5-4-6-11-19/h4-6,10-11,15H,2-3,7-9,12-14,16-18H2,1H3. The highest BCUT2D eigenvalue weighted by Gasteiger charge is 2.22. The van der Waals surface area contributed by atoms with Gasteiger partial charge in [-0.2, -0.15) is 0 Å². The minimum Gasteiger partial charge on any atom is -0.469 e. The number of benzene rings is 1. The van der Waals surface area contributed by atoms with Crippen LogP contribution in [0, 0.1) is 0 Å². The zero-order valence-electron chi connectivity index (χ0n) is 16.8. The molecule has 0 saturated carbocycles. The average Bonchev–Trinajstić information content (AvgIpc) is 2.70. The SMILES string of the molecule is COC(=O)CCCCCCN1C(=O)CCCC1=CCC(=O)Cc1ccccc1. The van der Waals surface area contributed by atoms with Crippen LogP contribution in [0.1, 0.15) is 63.4 Å². The van der Waals surface area contributed by atoms with Crippen LogP contribution >= 0.6 is 0 Å². The average molecular weight is 386 g/mol. The van der Waals surface area contributed by atoms with Gasteiger partial charge in [0.2, 0.25) is 5.91 Å². The molecule has 1 aliphatic rings. The van der Waals surface area contributed by atoms with Crippen LogP contribution in [-0.4, -0.2) is 36.2 Å². The van der Waals surface area contributed by atoms with Gasteiger partial charge < -0.3 is 9.64 Å². The van der Waals surface area contributed by atoms with E-state index in [1.807, 2.05) is 41.3 Å². The second-order valence-corrected chi connectivity index (χ2v) is 7.24. The molecule has 1 saturated heterocycles. The van der Waals surface area contributed by atoms with Crippen LogP contribution in [-0.2, 0) is 25.5 Å². The zero-order chi connectivity index (χ0) is 20.2. The second kappa shape index (κ2) is 12.1. The van der Waals surface area contributed by atoms with E-state index in [-0.39, 0.29) is 17.7 Å². The Kier molecular flexibility index (Phi) is 9.46. The molecular formula is C23H31NO4. The summed E-state index contributed by atoms with van der Waals surface area (Å²) in [6.07, 6.45) is 9.13. The number of likely N-dealkylation sites (tertiary alicyclic amines) is 1. The molecule has 0 atom stereocenters. The van der Waals surface area contributed by atoms with Crippen LogP contribution in [0.3, 0.4) is 0 Å². The van der Waals surface area contributed by atoms with Crippen LogP contribution in [0.5, 0.6) is 0 Å². The molecular weight excluding hydrogens is 354 g/mol. The number of amides is 1. The Morgan fingerprint density at radius 3 is 2.57 bits per heavy atom. The summed E-state index contributed by atoms with van der Waals surface area (Å²) in [6, 6.07) is 9.74. The van der Waals surface area contributed by atoms with Gasteiger partial charge in [-0.15, -0.1) is 0 Å². The maximum atomic E-state index is 12.3. The van der Waals surface area contributed by atoms with E-state index < -0.39 is 0 Å². The van der Waals surface area contributed by atoms with Crippen molar-refractivity contribution in [1.82, 2.24) is 4.90 Å². The van der Waals surface area contributed by atoms with E-state index in [0.717, 1.165) is 49.8 Å².